The summed E-state index contributed by atoms with van der Waals surface area (Å²) in [7, 11) is 1.93. The van der Waals surface area contributed by atoms with E-state index in [1.807, 2.05) is 17.9 Å². The van der Waals surface area contributed by atoms with Gasteiger partial charge in [-0.05, 0) is 12.8 Å². The van der Waals surface area contributed by atoms with Gasteiger partial charge in [-0.2, -0.15) is 5.10 Å². The fourth-order valence-corrected chi connectivity index (χ4v) is 1.51. The molecule has 0 radical (unpaired) electrons. The smallest absolute Gasteiger partial charge is 0.0780 e. The Morgan fingerprint density at radius 3 is 3.00 bits per heavy atom. The molecule has 0 atom stereocenters. The second-order valence-electron chi connectivity index (χ2n) is 3.51. The van der Waals surface area contributed by atoms with E-state index < -0.39 is 0 Å². The molecule has 0 aliphatic rings. The normalized spacial score (nSPS) is 9.80. The van der Waals surface area contributed by atoms with Crippen molar-refractivity contribution in [3.63, 3.8) is 0 Å². The van der Waals surface area contributed by atoms with Gasteiger partial charge in [-0.3, -0.25) is 4.68 Å². The highest BCUT2D eigenvalue weighted by Gasteiger charge is 2.03. The van der Waals surface area contributed by atoms with Crippen molar-refractivity contribution in [1.82, 2.24) is 9.78 Å². The summed E-state index contributed by atoms with van der Waals surface area (Å²) in [5.41, 5.74) is 2.17. The van der Waals surface area contributed by atoms with E-state index >= 15 is 0 Å². The van der Waals surface area contributed by atoms with Crippen LogP contribution in [0.5, 0.6) is 0 Å². The molecule has 0 aromatic carbocycles. The zero-order valence-corrected chi connectivity index (χ0v) is 10.1. The monoisotopic (exact) mass is 224 g/mol. The van der Waals surface area contributed by atoms with Crippen molar-refractivity contribution in [2.45, 2.75) is 32.6 Å². The first kappa shape index (κ1) is 12.1. The summed E-state index contributed by atoms with van der Waals surface area (Å²) in [6.45, 7) is 2.15. The van der Waals surface area contributed by atoms with Crippen LogP contribution in [0.25, 0.3) is 0 Å². The Bertz CT molecular complexity index is 357. The third-order valence-corrected chi connectivity index (χ3v) is 2.32. The lowest BCUT2D eigenvalue weighted by molar-refractivity contribution is 0.733. The Morgan fingerprint density at radius 1 is 1.53 bits per heavy atom. The molecule has 1 aromatic rings. The highest BCUT2D eigenvalue weighted by atomic mass is 35.5. The van der Waals surface area contributed by atoms with Gasteiger partial charge < -0.3 is 0 Å². The van der Waals surface area contributed by atoms with Gasteiger partial charge in [-0.1, -0.05) is 25.2 Å². The maximum atomic E-state index is 5.58. The lowest BCUT2D eigenvalue weighted by atomic mass is 10.1. The number of halogens is 1. The van der Waals surface area contributed by atoms with Gasteiger partial charge in [-0.15, -0.1) is 11.6 Å². The quantitative estimate of drug-likeness (QED) is 0.437. The Hall–Kier alpha value is -0.940. The number of rotatable bonds is 4. The lowest BCUT2D eigenvalue weighted by Crippen LogP contribution is -1.90. The molecule has 3 heteroatoms. The minimum atomic E-state index is 0.684. The summed E-state index contributed by atoms with van der Waals surface area (Å²) in [4.78, 5) is 0. The van der Waals surface area contributed by atoms with Crippen molar-refractivity contribution in [3.8, 4) is 11.8 Å². The van der Waals surface area contributed by atoms with Crippen molar-refractivity contribution in [3.05, 3.63) is 17.5 Å². The molecular formula is C12H17ClN2. The van der Waals surface area contributed by atoms with Crippen LogP contribution >= 0.6 is 11.6 Å². The average Bonchev–Trinajstić information content (AvgIpc) is 2.55. The standard InChI is InChI=1S/C12H17ClN2/c1-3-7-12-11(10-15(2)14-12)8-5-4-6-9-13/h10H,3-4,6-7,9H2,1-2H3. The summed E-state index contributed by atoms with van der Waals surface area (Å²) >= 11 is 5.58. The summed E-state index contributed by atoms with van der Waals surface area (Å²) in [6, 6.07) is 0. The van der Waals surface area contributed by atoms with Gasteiger partial charge in [0.25, 0.3) is 0 Å². The Balaban J connectivity index is 2.68. The second kappa shape index (κ2) is 6.53. The van der Waals surface area contributed by atoms with Crippen molar-refractivity contribution >= 4 is 11.6 Å². The van der Waals surface area contributed by atoms with Crippen LogP contribution in [0.1, 0.15) is 37.4 Å². The number of hydrogen-bond donors (Lipinski definition) is 0. The van der Waals surface area contributed by atoms with Gasteiger partial charge in [0.15, 0.2) is 0 Å². The van der Waals surface area contributed by atoms with Gasteiger partial charge >= 0.3 is 0 Å². The average molecular weight is 225 g/mol. The molecule has 82 valence electrons. The molecule has 0 aliphatic heterocycles. The second-order valence-corrected chi connectivity index (χ2v) is 3.89. The van der Waals surface area contributed by atoms with Crippen LogP contribution in [0.2, 0.25) is 0 Å². The summed E-state index contributed by atoms with van der Waals surface area (Å²) in [5.74, 6) is 6.97. The van der Waals surface area contributed by atoms with E-state index in [-0.39, 0.29) is 0 Å². The Labute approximate surface area is 96.6 Å². The van der Waals surface area contributed by atoms with Crippen LogP contribution in [0, 0.1) is 11.8 Å². The lowest BCUT2D eigenvalue weighted by Gasteiger charge is -1.91. The number of aryl methyl sites for hydroxylation is 2. The van der Waals surface area contributed by atoms with Gasteiger partial charge in [-0.25, -0.2) is 0 Å². The van der Waals surface area contributed by atoms with Gasteiger partial charge in [0, 0.05) is 25.5 Å². The van der Waals surface area contributed by atoms with E-state index in [0.717, 1.165) is 36.9 Å². The minimum Gasteiger partial charge on any atom is -0.274 e. The third-order valence-electron chi connectivity index (χ3n) is 2.05. The molecule has 0 saturated heterocycles. The number of nitrogens with zero attached hydrogens (tertiary/aromatic N) is 2. The molecule has 0 N–H and O–H groups in total. The topological polar surface area (TPSA) is 17.8 Å². The molecule has 1 aromatic heterocycles. The number of aromatic nitrogens is 2. The first-order chi connectivity index (χ1) is 7.27. The van der Waals surface area contributed by atoms with Gasteiger partial charge in [0.2, 0.25) is 0 Å². The van der Waals surface area contributed by atoms with E-state index in [1.165, 1.54) is 0 Å². The summed E-state index contributed by atoms with van der Waals surface area (Å²) in [6.07, 6.45) is 5.91. The largest absolute Gasteiger partial charge is 0.274 e. The van der Waals surface area contributed by atoms with Crippen LogP contribution in [-0.4, -0.2) is 15.7 Å². The molecule has 2 nitrogen and oxygen atoms in total. The molecule has 1 heterocycles. The zero-order chi connectivity index (χ0) is 11.1. The number of unbranched alkanes of at least 4 members (excludes halogenated alkanes) is 1. The maximum Gasteiger partial charge on any atom is 0.0780 e. The molecule has 0 spiro atoms. The Kier molecular flexibility index (Phi) is 5.28. The molecule has 15 heavy (non-hydrogen) atoms. The molecule has 0 bridgehead atoms. The van der Waals surface area contributed by atoms with E-state index in [1.54, 1.807) is 0 Å². The van der Waals surface area contributed by atoms with Crippen molar-refractivity contribution in [1.29, 1.82) is 0 Å². The maximum absolute atomic E-state index is 5.58. The van der Waals surface area contributed by atoms with Crippen LogP contribution in [0.3, 0.4) is 0 Å². The van der Waals surface area contributed by atoms with Gasteiger partial charge in [0.1, 0.15) is 0 Å². The SMILES string of the molecule is CCCc1nn(C)cc1C#CCCCCl. The molecule has 1 rings (SSSR count). The predicted molar refractivity (Wildman–Crippen MR) is 64.0 cm³/mol. The number of hydrogen-bond acceptors (Lipinski definition) is 1. The first-order valence-electron chi connectivity index (χ1n) is 5.35. The predicted octanol–water partition coefficient (Wildman–Crippen LogP) is 2.74. The zero-order valence-electron chi connectivity index (χ0n) is 9.39. The summed E-state index contributed by atoms with van der Waals surface area (Å²) in [5, 5.41) is 4.39. The fourth-order valence-electron chi connectivity index (χ4n) is 1.37. The molecule has 0 aliphatic carbocycles. The van der Waals surface area contributed by atoms with Crippen molar-refractivity contribution < 1.29 is 0 Å². The van der Waals surface area contributed by atoms with Crippen LogP contribution in [0.15, 0.2) is 6.20 Å². The van der Waals surface area contributed by atoms with Crippen LogP contribution < -0.4 is 0 Å². The molecule has 0 saturated carbocycles. The van der Waals surface area contributed by atoms with E-state index in [0.29, 0.717) is 5.88 Å². The Morgan fingerprint density at radius 2 is 2.33 bits per heavy atom. The van der Waals surface area contributed by atoms with Crippen LogP contribution in [-0.2, 0) is 13.5 Å². The van der Waals surface area contributed by atoms with Crippen molar-refractivity contribution in [2.75, 3.05) is 5.88 Å². The third kappa shape index (κ3) is 3.97. The van der Waals surface area contributed by atoms with Crippen molar-refractivity contribution in [2.24, 2.45) is 7.05 Å². The molecular weight excluding hydrogens is 208 g/mol. The van der Waals surface area contributed by atoms with E-state index in [4.69, 9.17) is 11.6 Å². The highest BCUT2D eigenvalue weighted by Crippen LogP contribution is 2.07. The molecule has 0 amide bonds. The minimum absolute atomic E-state index is 0.684. The van der Waals surface area contributed by atoms with Crippen LogP contribution in [0.4, 0.5) is 0 Å². The molecule has 0 unspecified atom stereocenters. The molecule has 0 fully saturated rings. The van der Waals surface area contributed by atoms with Gasteiger partial charge in [0.05, 0.1) is 11.3 Å². The van der Waals surface area contributed by atoms with E-state index in [9.17, 15) is 0 Å². The summed E-state index contributed by atoms with van der Waals surface area (Å²) < 4.78 is 1.83. The fraction of sp³-hybridized carbons (Fsp3) is 0.583. The van der Waals surface area contributed by atoms with E-state index in [2.05, 4.69) is 23.9 Å². The highest BCUT2D eigenvalue weighted by molar-refractivity contribution is 6.17. The number of alkyl halides is 1. The first-order valence-corrected chi connectivity index (χ1v) is 5.88.